The largest absolute Gasteiger partial charge is 0.463 e. The van der Waals surface area contributed by atoms with Crippen molar-refractivity contribution in [3.05, 3.63) is 12.2 Å². The number of nitrogens with one attached hydrogen (secondary N) is 1. The second-order valence-corrected chi connectivity index (χ2v) is 3.50. The molecule has 0 aromatic carbocycles. The number of hydrogen-bond donors (Lipinski definition) is 1. The first kappa shape index (κ1) is 15.5. The molecule has 0 fully saturated rings. The standard InChI is InChI=1S/C12H21NO4/c1-4-6-9-13-12(15)17-10(3)7-8-11(14)16-5-2/h7-8,10H,4-6,9H2,1-3H3,(H,13,15)/b8-7+/t10-/m0/s1. The first-order valence-electron chi connectivity index (χ1n) is 5.89. The van der Waals surface area contributed by atoms with Crippen molar-refractivity contribution in [3.63, 3.8) is 0 Å². The fourth-order valence-corrected chi connectivity index (χ4v) is 1.02. The maximum absolute atomic E-state index is 11.2. The molecule has 0 rings (SSSR count). The van der Waals surface area contributed by atoms with E-state index >= 15 is 0 Å². The fraction of sp³-hybridized carbons (Fsp3) is 0.667. The lowest BCUT2D eigenvalue weighted by Crippen LogP contribution is -2.28. The molecule has 0 aromatic rings. The van der Waals surface area contributed by atoms with E-state index < -0.39 is 18.2 Å². The first-order chi connectivity index (χ1) is 8.10. The van der Waals surface area contributed by atoms with E-state index in [1.807, 2.05) is 6.92 Å². The summed E-state index contributed by atoms with van der Waals surface area (Å²) in [4.78, 5) is 22.2. The van der Waals surface area contributed by atoms with E-state index in [-0.39, 0.29) is 0 Å². The van der Waals surface area contributed by atoms with Crippen LogP contribution in [0.4, 0.5) is 4.79 Å². The summed E-state index contributed by atoms with van der Waals surface area (Å²) in [6.07, 6.45) is 3.74. The average molecular weight is 243 g/mol. The molecule has 1 N–H and O–H groups in total. The highest BCUT2D eigenvalue weighted by Crippen LogP contribution is 1.95. The summed E-state index contributed by atoms with van der Waals surface area (Å²) in [7, 11) is 0. The Labute approximate surface area is 102 Å². The van der Waals surface area contributed by atoms with E-state index in [4.69, 9.17) is 9.47 Å². The third kappa shape index (κ3) is 9.41. The Hall–Kier alpha value is -1.52. The summed E-state index contributed by atoms with van der Waals surface area (Å²) >= 11 is 0. The van der Waals surface area contributed by atoms with Crippen molar-refractivity contribution in [2.24, 2.45) is 0 Å². The predicted octanol–water partition coefficient (Wildman–Crippen LogP) is 2.02. The molecule has 0 radical (unpaired) electrons. The molecule has 0 saturated heterocycles. The number of unbranched alkanes of at least 4 members (excludes halogenated alkanes) is 1. The molecular formula is C12H21NO4. The van der Waals surface area contributed by atoms with Crippen LogP contribution >= 0.6 is 0 Å². The van der Waals surface area contributed by atoms with Gasteiger partial charge in [-0.3, -0.25) is 0 Å². The molecule has 0 spiro atoms. The molecule has 0 aliphatic heterocycles. The van der Waals surface area contributed by atoms with Crippen LogP contribution in [0.1, 0.15) is 33.6 Å². The summed E-state index contributed by atoms with van der Waals surface area (Å²) < 4.78 is 9.68. The van der Waals surface area contributed by atoms with Gasteiger partial charge in [0, 0.05) is 12.6 Å². The van der Waals surface area contributed by atoms with Crippen molar-refractivity contribution in [1.82, 2.24) is 5.32 Å². The minimum absolute atomic E-state index is 0.329. The van der Waals surface area contributed by atoms with Crippen LogP contribution in [0, 0.1) is 0 Å². The molecule has 0 unspecified atom stereocenters. The normalized spacial score (nSPS) is 12.2. The zero-order chi connectivity index (χ0) is 13.1. The van der Waals surface area contributed by atoms with Gasteiger partial charge in [0.1, 0.15) is 6.10 Å². The molecular weight excluding hydrogens is 222 g/mol. The monoisotopic (exact) mass is 243 g/mol. The zero-order valence-corrected chi connectivity index (χ0v) is 10.7. The third-order valence-electron chi connectivity index (χ3n) is 1.88. The van der Waals surface area contributed by atoms with Gasteiger partial charge in [-0.15, -0.1) is 0 Å². The molecule has 17 heavy (non-hydrogen) atoms. The van der Waals surface area contributed by atoms with Gasteiger partial charge in [-0.25, -0.2) is 9.59 Å². The van der Waals surface area contributed by atoms with Crippen LogP contribution in [0.15, 0.2) is 12.2 Å². The van der Waals surface area contributed by atoms with Gasteiger partial charge >= 0.3 is 12.1 Å². The van der Waals surface area contributed by atoms with Gasteiger partial charge in [0.25, 0.3) is 0 Å². The van der Waals surface area contributed by atoms with Crippen molar-refractivity contribution in [2.45, 2.75) is 39.7 Å². The molecule has 5 heteroatoms. The highest BCUT2D eigenvalue weighted by molar-refractivity contribution is 5.82. The summed E-state index contributed by atoms with van der Waals surface area (Å²) in [6.45, 7) is 6.37. The van der Waals surface area contributed by atoms with Crippen LogP contribution < -0.4 is 5.32 Å². The maximum Gasteiger partial charge on any atom is 0.407 e. The van der Waals surface area contributed by atoms with Crippen LogP contribution in [-0.4, -0.2) is 31.3 Å². The number of esters is 1. The molecule has 0 saturated carbocycles. The molecule has 98 valence electrons. The summed E-state index contributed by atoms with van der Waals surface area (Å²) in [6, 6.07) is 0. The Morgan fingerprint density at radius 3 is 2.65 bits per heavy atom. The lowest BCUT2D eigenvalue weighted by Gasteiger charge is -2.09. The number of alkyl carbamates (subject to hydrolysis) is 1. The Morgan fingerprint density at radius 2 is 2.06 bits per heavy atom. The second-order valence-electron chi connectivity index (χ2n) is 3.50. The van der Waals surface area contributed by atoms with E-state index in [0.29, 0.717) is 13.2 Å². The van der Waals surface area contributed by atoms with Crippen LogP contribution in [0.2, 0.25) is 0 Å². The van der Waals surface area contributed by atoms with Crippen molar-refractivity contribution in [3.8, 4) is 0 Å². The van der Waals surface area contributed by atoms with Gasteiger partial charge in [-0.1, -0.05) is 13.3 Å². The lowest BCUT2D eigenvalue weighted by molar-refractivity contribution is -0.137. The Kier molecular flexibility index (Phi) is 8.82. The Balaban J connectivity index is 3.80. The minimum Gasteiger partial charge on any atom is -0.463 e. The first-order valence-corrected chi connectivity index (χ1v) is 5.89. The molecule has 0 aromatic heterocycles. The topological polar surface area (TPSA) is 64.6 Å². The van der Waals surface area contributed by atoms with Gasteiger partial charge in [0.2, 0.25) is 0 Å². The Bertz CT molecular complexity index is 263. The van der Waals surface area contributed by atoms with Gasteiger partial charge < -0.3 is 14.8 Å². The number of hydrogen-bond acceptors (Lipinski definition) is 4. The van der Waals surface area contributed by atoms with Gasteiger partial charge in [0.05, 0.1) is 6.61 Å². The lowest BCUT2D eigenvalue weighted by atomic mass is 10.3. The van der Waals surface area contributed by atoms with E-state index in [0.717, 1.165) is 12.8 Å². The molecule has 0 bridgehead atoms. The SMILES string of the molecule is CCCCNC(=O)O[C@@H](C)/C=C/C(=O)OCC. The van der Waals surface area contributed by atoms with Crippen LogP contribution in [0.5, 0.6) is 0 Å². The van der Waals surface area contributed by atoms with Crippen molar-refractivity contribution in [1.29, 1.82) is 0 Å². The maximum atomic E-state index is 11.2. The average Bonchev–Trinajstić information content (AvgIpc) is 2.27. The highest BCUT2D eigenvalue weighted by atomic mass is 16.6. The smallest absolute Gasteiger partial charge is 0.407 e. The van der Waals surface area contributed by atoms with Crippen molar-refractivity contribution in [2.75, 3.05) is 13.2 Å². The minimum atomic E-state index is -0.473. The molecule has 0 aliphatic rings. The molecule has 1 amide bonds. The van der Waals surface area contributed by atoms with Crippen LogP contribution in [0.25, 0.3) is 0 Å². The molecule has 0 aliphatic carbocycles. The number of carbonyl (C=O) groups is 2. The predicted molar refractivity (Wildman–Crippen MR) is 64.6 cm³/mol. The summed E-state index contributed by atoms with van der Waals surface area (Å²) in [5, 5.41) is 2.62. The summed E-state index contributed by atoms with van der Waals surface area (Å²) in [5.41, 5.74) is 0. The number of rotatable bonds is 7. The van der Waals surface area contributed by atoms with Crippen molar-refractivity contribution >= 4 is 12.1 Å². The quantitative estimate of drug-likeness (QED) is 0.422. The molecule has 0 heterocycles. The van der Waals surface area contributed by atoms with Gasteiger partial charge in [-0.05, 0) is 26.3 Å². The van der Waals surface area contributed by atoms with Gasteiger partial charge in [0.15, 0.2) is 0 Å². The van der Waals surface area contributed by atoms with E-state index in [1.165, 1.54) is 12.2 Å². The number of amides is 1. The van der Waals surface area contributed by atoms with E-state index in [2.05, 4.69) is 5.32 Å². The van der Waals surface area contributed by atoms with Gasteiger partial charge in [-0.2, -0.15) is 0 Å². The molecule has 5 nitrogen and oxygen atoms in total. The highest BCUT2D eigenvalue weighted by Gasteiger charge is 2.05. The number of carbonyl (C=O) groups excluding carboxylic acids is 2. The third-order valence-corrected chi connectivity index (χ3v) is 1.88. The number of ether oxygens (including phenoxy) is 2. The second kappa shape index (κ2) is 9.69. The van der Waals surface area contributed by atoms with E-state index in [9.17, 15) is 9.59 Å². The van der Waals surface area contributed by atoms with Crippen LogP contribution in [-0.2, 0) is 14.3 Å². The van der Waals surface area contributed by atoms with Crippen molar-refractivity contribution < 1.29 is 19.1 Å². The van der Waals surface area contributed by atoms with E-state index in [1.54, 1.807) is 13.8 Å². The Morgan fingerprint density at radius 1 is 1.35 bits per heavy atom. The molecule has 1 atom stereocenters. The van der Waals surface area contributed by atoms with Crippen LogP contribution in [0.3, 0.4) is 0 Å². The fourth-order valence-electron chi connectivity index (χ4n) is 1.02. The zero-order valence-electron chi connectivity index (χ0n) is 10.7. The summed E-state index contributed by atoms with van der Waals surface area (Å²) in [5.74, 6) is -0.436.